The Morgan fingerprint density at radius 1 is 1.40 bits per heavy atom. The minimum Gasteiger partial charge on any atom is -0.381 e. The van der Waals surface area contributed by atoms with E-state index in [0.29, 0.717) is 23.9 Å². The lowest BCUT2D eigenvalue weighted by Gasteiger charge is -2.24. The monoisotopic (exact) mass is 275 g/mol. The molecule has 2 aliphatic rings. The average molecular weight is 275 g/mol. The number of ether oxygens (including phenoxy) is 1. The third-order valence-corrected chi connectivity index (χ3v) is 3.88. The maximum Gasteiger partial charge on any atom is 0.173 e. The summed E-state index contributed by atoms with van der Waals surface area (Å²) in [4.78, 5) is 16.9. The molecule has 3 rings (SSSR count). The molecule has 1 aromatic heterocycles. The molecule has 0 bridgehead atoms. The second-order valence-electron chi connectivity index (χ2n) is 6.05. The Labute approximate surface area is 119 Å². The quantitative estimate of drug-likeness (QED) is 0.852. The van der Waals surface area contributed by atoms with Crippen LogP contribution < -0.4 is 0 Å². The molecule has 1 saturated heterocycles. The van der Waals surface area contributed by atoms with Crippen LogP contribution in [-0.2, 0) is 4.74 Å². The van der Waals surface area contributed by atoms with Crippen molar-refractivity contribution in [2.24, 2.45) is 10.9 Å². The van der Waals surface area contributed by atoms with E-state index < -0.39 is 0 Å². The Morgan fingerprint density at radius 2 is 2.15 bits per heavy atom. The lowest BCUT2D eigenvalue weighted by atomic mass is 9.98. The zero-order valence-electron chi connectivity index (χ0n) is 12.1. The Kier molecular flexibility index (Phi) is 3.70. The highest BCUT2D eigenvalue weighted by Crippen LogP contribution is 2.32. The van der Waals surface area contributed by atoms with Gasteiger partial charge in [-0.2, -0.15) is 5.10 Å². The number of Topliss-reactive ketones (excluding diaryl/α,β-unsaturated/α-hetero) is 1. The minimum atomic E-state index is 0.156. The van der Waals surface area contributed by atoms with Gasteiger partial charge >= 0.3 is 0 Å². The van der Waals surface area contributed by atoms with Gasteiger partial charge in [0.1, 0.15) is 0 Å². The van der Waals surface area contributed by atoms with E-state index in [9.17, 15) is 4.79 Å². The van der Waals surface area contributed by atoms with Crippen LogP contribution in [0.3, 0.4) is 0 Å². The Hall–Kier alpha value is -1.49. The lowest BCUT2D eigenvalue weighted by Crippen LogP contribution is -2.21. The number of carbonyl (C=O) groups is 1. The second-order valence-corrected chi connectivity index (χ2v) is 6.05. The van der Waals surface area contributed by atoms with Crippen LogP contribution in [0.4, 0.5) is 5.82 Å². The van der Waals surface area contributed by atoms with E-state index in [1.807, 2.05) is 4.68 Å². The highest BCUT2D eigenvalue weighted by Gasteiger charge is 2.28. The number of ketones is 1. The van der Waals surface area contributed by atoms with Gasteiger partial charge in [0.25, 0.3) is 0 Å². The number of aromatic nitrogens is 2. The summed E-state index contributed by atoms with van der Waals surface area (Å²) >= 11 is 0. The van der Waals surface area contributed by atoms with Gasteiger partial charge in [-0.15, -0.1) is 0 Å². The fourth-order valence-electron chi connectivity index (χ4n) is 2.92. The predicted octanol–water partition coefficient (Wildman–Crippen LogP) is 2.94. The van der Waals surface area contributed by atoms with Crippen LogP contribution in [0.15, 0.2) is 11.2 Å². The van der Waals surface area contributed by atoms with Gasteiger partial charge in [0, 0.05) is 25.3 Å². The maximum absolute atomic E-state index is 12.2. The number of carbonyl (C=O) groups excluding carboxylic acids is 1. The molecular weight excluding hydrogens is 254 g/mol. The van der Waals surface area contributed by atoms with Crippen molar-refractivity contribution in [3.8, 4) is 0 Å². The number of hydrogen-bond acceptors (Lipinski definition) is 4. The molecular formula is C15H21N3O2. The number of rotatable bonds is 3. The van der Waals surface area contributed by atoms with Gasteiger partial charge in [0.15, 0.2) is 11.6 Å². The standard InChI is InChI=1S/C15H21N3O2/c1-10(2)7-11-8-14(19)13-9-16-18(15(13)17-11)12-3-5-20-6-4-12/h9-10,12H,3-8H2,1-2H3. The van der Waals surface area contributed by atoms with Crippen molar-refractivity contribution in [3.05, 3.63) is 11.8 Å². The van der Waals surface area contributed by atoms with Crippen molar-refractivity contribution in [3.63, 3.8) is 0 Å². The SMILES string of the molecule is CC(C)CC1=Nc2c(cnn2C2CCOCC2)C(=O)C1. The summed E-state index contributed by atoms with van der Waals surface area (Å²) in [5.74, 6) is 1.44. The number of aliphatic imine (C=N–C) groups is 1. The lowest BCUT2D eigenvalue weighted by molar-refractivity contribution is 0.0667. The molecule has 1 fully saturated rings. The van der Waals surface area contributed by atoms with Crippen LogP contribution in [0.25, 0.3) is 0 Å². The molecule has 5 nitrogen and oxygen atoms in total. The minimum absolute atomic E-state index is 0.156. The third kappa shape index (κ3) is 2.54. The molecule has 0 aromatic carbocycles. The molecule has 1 aromatic rings. The van der Waals surface area contributed by atoms with Crippen LogP contribution in [0, 0.1) is 5.92 Å². The van der Waals surface area contributed by atoms with E-state index in [1.54, 1.807) is 6.20 Å². The molecule has 0 saturated carbocycles. The maximum atomic E-state index is 12.2. The Morgan fingerprint density at radius 3 is 2.85 bits per heavy atom. The molecule has 20 heavy (non-hydrogen) atoms. The van der Waals surface area contributed by atoms with Crippen molar-refractivity contribution in [1.29, 1.82) is 0 Å². The van der Waals surface area contributed by atoms with Crippen LogP contribution in [0.5, 0.6) is 0 Å². The first kappa shape index (κ1) is 13.5. The molecule has 0 aliphatic carbocycles. The average Bonchev–Trinajstić information content (AvgIpc) is 2.83. The molecule has 108 valence electrons. The van der Waals surface area contributed by atoms with Gasteiger partial charge in [-0.3, -0.25) is 4.79 Å². The van der Waals surface area contributed by atoms with E-state index in [2.05, 4.69) is 18.9 Å². The van der Waals surface area contributed by atoms with Crippen molar-refractivity contribution in [2.45, 2.75) is 45.6 Å². The smallest absolute Gasteiger partial charge is 0.173 e. The summed E-state index contributed by atoms with van der Waals surface area (Å²) in [5.41, 5.74) is 1.68. The summed E-state index contributed by atoms with van der Waals surface area (Å²) in [6.07, 6.45) is 4.90. The van der Waals surface area contributed by atoms with Gasteiger partial charge in [0.05, 0.1) is 17.8 Å². The molecule has 5 heteroatoms. The van der Waals surface area contributed by atoms with E-state index in [4.69, 9.17) is 9.73 Å². The van der Waals surface area contributed by atoms with Crippen molar-refractivity contribution < 1.29 is 9.53 Å². The van der Waals surface area contributed by atoms with Gasteiger partial charge in [0.2, 0.25) is 0 Å². The Bertz CT molecular complexity index is 539. The molecule has 0 unspecified atom stereocenters. The largest absolute Gasteiger partial charge is 0.381 e. The third-order valence-electron chi connectivity index (χ3n) is 3.88. The van der Waals surface area contributed by atoms with Crippen molar-refractivity contribution in [1.82, 2.24) is 9.78 Å². The molecule has 0 amide bonds. The normalized spacial score (nSPS) is 20.1. The summed E-state index contributed by atoms with van der Waals surface area (Å²) in [5, 5.41) is 4.42. The topological polar surface area (TPSA) is 56.5 Å². The summed E-state index contributed by atoms with van der Waals surface area (Å²) in [6.45, 7) is 5.82. The summed E-state index contributed by atoms with van der Waals surface area (Å²) in [6, 6.07) is 0.308. The first-order valence-corrected chi connectivity index (χ1v) is 7.40. The zero-order valence-corrected chi connectivity index (χ0v) is 12.1. The number of hydrogen-bond donors (Lipinski definition) is 0. The first-order valence-electron chi connectivity index (χ1n) is 7.40. The van der Waals surface area contributed by atoms with E-state index in [-0.39, 0.29) is 5.78 Å². The number of fused-ring (bicyclic) bond motifs is 1. The zero-order chi connectivity index (χ0) is 14.1. The van der Waals surface area contributed by atoms with E-state index >= 15 is 0 Å². The van der Waals surface area contributed by atoms with Gasteiger partial charge in [-0.1, -0.05) is 13.8 Å². The molecule has 2 aliphatic heterocycles. The molecule has 0 radical (unpaired) electrons. The number of nitrogens with zero attached hydrogens (tertiary/aromatic N) is 3. The highest BCUT2D eigenvalue weighted by molar-refractivity contribution is 6.15. The van der Waals surface area contributed by atoms with Crippen LogP contribution in [-0.4, -0.2) is 34.5 Å². The Balaban J connectivity index is 1.93. The van der Waals surface area contributed by atoms with E-state index in [1.165, 1.54) is 0 Å². The fraction of sp³-hybridized carbons (Fsp3) is 0.667. The van der Waals surface area contributed by atoms with Crippen molar-refractivity contribution in [2.75, 3.05) is 13.2 Å². The van der Waals surface area contributed by atoms with Gasteiger partial charge in [-0.25, -0.2) is 9.67 Å². The highest BCUT2D eigenvalue weighted by atomic mass is 16.5. The first-order chi connectivity index (χ1) is 9.65. The second kappa shape index (κ2) is 5.48. The van der Waals surface area contributed by atoms with Crippen LogP contribution >= 0.6 is 0 Å². The van der Waals surface area contributed by atoms with Crippen molar-refractivity contribution >= 4 is 17.3 Å². The predicted molar refractivity (Wildman–Crippen MR) is 76.8 cm³/mol. The molecule has 0 N–H and O–H groups in total. The summed E-state index contributed by atoms with van der Waals surface area (Å²) in [7, 11) is 0. The molecule has 0 spiro atoms. The van der Waals surface area contributed by atoms with Gasteiger partial charge in [-0.05, 0) is 25.2 Å². The van der Waals surface area contributed by atoms with E-state index in [0.717, 1.165) is 44.0 Å². The fourth-order valence-corrected chi connectivity index (χ4v) is 2.92. The van der Waals surface area contributed by atoms with Crippen LogP contribution in [0.2, 0.25) is 0 Å². The van der Waals surface area contributed by atoms with Gasteiger partial charge < -0.3 is 4.74 Å². The molecule has 3 heterocycles. The van der Waals surface area contributed by atoms with Crippen LogP contribution in [0.1, 0.15) is 55.9 Å². The molecule has 0 atom stereocenters. The summed E-state index contributed by atoms with van der Waals surface area (Å²) < 4.78 is 7.33.